The molecule has 0 aliphatic rings. The lowest BCUT2D eigenvalue weighted by molar-refractivity contribution is -0.124. The van der Waals surface area contributed by atoms with Crippen molar-refractivity contribution in [3.8, 4) is 0 Å². The van der Waals surface area contributed by atoms with E-state index in [1.165, 1.54) is 18.2 Å². The molecule has 0 aliphatic carbocycles. The van der Waals surface area contributed by atoms with Gasteiger partial charge in [-0.25, -0.2) is 4.39 Å². The number of halogens is 1. The Morgan fingerprint density at radius 2 is 1.75 bits per heavy atom. The Labute approximate surface area is 118 Å². The topological polar surface area (TPSA) is 58.2 Å². The third kappa shape index (κ3) is 6.13. The van der Waals surface area contributed by atoms with Gasteiger partial charge < -0.3 is 10.6 Å². The largest absolute Gasteiger partial charge is 0.354 e. The van der Waals surface area contributed by atoms with Crippen LogP contribution >= 0.6 is 0 Å². The molecule has 0 spiro atoms. The van der Waals surface area contributed by atoms with Crippen molar-refractivity contribution >= 4 is 17.9 Å². The second-order valence-corrected chi connectivity index (χ2v) is 4.62. The second-order valence-electron chi connectivity index (χ2n) is 4.62. The molecule has 2 N–H and O–H groups in total. The molecule has 0 aliphatic heterocycles. The lowest BCUT2D eigenvalue weighted by Gasteiger charge is -2.07. The normalized spacial score (nSPS) is 10.8. The smallest absolute Gasteiger partial charge is 0.244 e. The van der Waals surface area contributed by atoms with Crippen molar-refractivity contribution in [3.05, 3.63) is 41.7 Å². The van der Waals surface area contributed by atoms with Crippen molar-refractivity contribution in [2.45, 2.75) is 13.8 Å². The zero-order chi connectivity index (χ0) is 15.0. The van der Waals surface area contributed by atoms with E-state index < -0.39 is 0 Å². The summed E-state index contributed by atoms with van der Waals surface area (Å²) in [6.45, 7) is 4.37. The molecular weight excluding hydrogens is 259 g/mol. The van der Waals surface area contributed by atoms with E-state index in [1.54, 1.807) is 32.1 Å². The quantitative estimate of drug-likeness (QED) is 0.615. The molecule has 0 saturated carbocycles. The summed E-state index contributed by atoms with van der Waals surface area (Å²) in [7, 11) is 0. The molecule has 1 rings (SSSR count). The summed E-state index contributed by atoms with van der Waals surface area (Å²) in [5.74, 6) is -0.675. The first-order valence-electron chi connectivity index (χ1n) is 6.48. The Hall–Kier alpha value is -2.17. The van der Waals surface area contributed by atoms with Crippen LogP contribution in [0.15, 0.2) is 30.3 Å². The predicted octanol–water partition coefficient (Wildman–Crippen LogP) is 1.73. The van der Waals surface area contributed by atoms with Gasteiger partial charge in [-0.05, 0) is 23.8 Å². The molecule has 20 heavy (non-hydrogen) atoms. The number of nitrogens with one attached hydrogen (secondary N) is 2. The Bertz CT molecular complexity index is 481. The minimum absolute atomic E-state index is 0.0406. The van der Waals surface area contributed by atoms with E-state index in [-0.39, 0.29) is 23.5 Å². The van der Waals surface area contributed by atoms with E-state index in [4.69, 9.17) is 0 Å². The Morgan fingerprint density at radius 1 is 1.15 bits per heavy atom. The first-order chi connectivity index (χ1) is 9.49. The first kappa shape index (κ1) is 15.9. The molecule has 1 aromatic carbocycles. The standard InChI is InChI=1S/C15H19FN2O2/c1-11(2)15(20)18-10-9-17-14(19)8-5-12-3-6-13(16)7-4-12/h3-8,11H,9-10H2,1-2H3,(H,17,19)(H,18,20)/b8-5+. The van der Waals surface area contributed by atoms with Gasteiger partial charge in [-0.15, -0.1) is 0 Å². The molecule has 0 fully saturated rings. The maximum atomic E-state index is 12.7. The van der Waals surface area contributed by atoms with Crippen LogP contribution in [0.4, 0.5) is 4.39 Å². The minimum Gasteiger partial charge on any atom is -0.354 e. The van der Waals surface area contributed by atoms with Gasteiger partial charge in [0.25, 0.3) is 0 Å². The van der Waals surface area contributed by atoms with Gasteiger partial charge in [-0.3, -0.25) is 9.59 Å². The predicted molar refractivity (Wildman–Crippen MR) is 76.3 cm³/mol. The van der Waals surface area contributed by atoms with Gasteiger partial charge in [0.1, 0.15) is 5.82 Å². The highest BCUT2D eigenvalue weighted by atomic mass is 19.1. The molecule has 0 saturated heterocycles. The summed E-state index contributed by atoms with van der Waals surface area (Å²) in [6, 6.07) is 5.84. The highest BCUT2D eigenvalue weighted by Gasteiger charge is 2.04. The van der Waals surface area contributed by atoms with Gasteiger partial charge in [-0.2, -0.15) is 0 Å². The third-order valence-electron chi connectivity index (χ3n) is 2.55. The fraction of sp³-hybridized carbons (Fsp3) is 0.333. The van der Waals surface area contributed by atoms with Crippen LogP contribution in [0, 0.1) is 11.7 Å². The maximum Gasteiger partial charge on any atom is 0.244 e. The van der Waals surface area contributed by atoms with Gasteiger partial charge in [0.15, 0.2) is 0 Å². The maximum absolute atomic E-state index is 12.7. The van der Waals surface area contributed by atoms with Gasteiger partial charge in [0.2, 0.25) is 11.8 Å². The molecule has 0 atom stereocenters. The second kappa shape index (κ2) is 8.09. The Kier molecular flexibility index (Phi) is 6.43. The number of carbonyl (C=O) groups is 2. The van der Waals surface area contributed by atoms with Crippen LogP contribution in [0.3, 0.4) is 0 Å². The number of benzene rings is 1. The van der Waals surface area contributed by atoms with E-state index >= 15 is 0 Å². The first-order valence-corrected chi connectivity index (χ1v) is 6.48. The van der Waals surface area contributed by atoms with Gasteiger partial charge >= 0.3 is 0 Å². The van der Waals surface area contributed by atoms with Crippen LogP contribution in [-0.2, 0) is 9.59 Å². The number of amides is 2. The van der Waals surface area contributed by atoms with Gasteiger partial charge in [0.05, 0.1) is 0 Å². The summed E-state index contributed by atoms with van der Waals surface area (Å²) < 4.78 is 12.7. The van der Waals surface area contributed by atoms with Crippen molar-refractivity contribution in [1.82, 2.24) is 10.6 Å². The third-order valence-corrected chi connectivity index (χ3v) is 2.55. The fourth-order valence-electron chi connectivity index (χ4n) is 1.38. The fourth-order valence-corrected chi connectivity index (χ4v) is 1.38. The van der Waals surface area contributed by atoms with Crippen LogP contribution in [0.25, 0.3) is 6.08 Å². The number of hydrogen-bond acceptors (Lipinski definition) is 2. The lowest BCUT2D eigenvalue weighted by Crippen LogP contribution is -2.35. The molecule has 0 bridgehead atoms. The van der Waals surface area contributed by atoms with Crippen molar-refractivity contribution in [3.63, 3.8) is 0 Å². The van der Waals surface area contributed by atoms with Gasteiger partial charge in [0, 0.05) is 25.1 Å². The average Bonchev–Trinajstić information content (AvgIpc) is 2.42. The highest BCUT2D eigenvalue weighted by molar-refractivity contribution is 5.91. The van der Waals surface area contributed by atoms with Crippen LogP contribution in [0.1, 0.15) is 19.4 Å². The van der Waals surface area contributed by atoms with Crippen molar-refractivity contribution in [2.24, 2.45) is 5.92 Å². The summed E-state index contributed by atoms with van der Waals surface area (Å²) in [4.78, 5) is 22.7. The zero-order valence-corrected chi connectivity index (χ0v) is 11.7. The van der Waals surface area contributed by atoms with Crippen LogP contribution in [0.2, 0.25) is 0 Å². The zero-order valence-electron chi connectivity index (χ0n) is 11.7. The average molecular weight is 278 g/mol. The number of hydrogen-bond donors (Lipinski definition) is 2. The summed E-state index contributed by atoms with van der Waals surface area (Å²) in [5, 5.41) is 5.34. The lowest BCUT2D eigenvalue weighted by atomic mass is 10.2. The molecule has 0 radical (unpaired) electrons. The van der Waals surface area contributed by atoms with Crippen LogP contribution in [-0.4, -0.2) is 24.9 Å². The SMILES string of the molecule is CC(C)C(=O)NCCNC(=O)/C=C/c1ccc(F)cc1. The van der Waals surface area contributed by atoms with E-state index in [0.717, 1.165) is 5.56 Å². The summed E-state index contributed by atoms with van der Waals surface area (Å²) in [6.07, 6.45) is 2.97. The van der Waals surface area contributed by atoms with Crippen LogP contribution < -0.4 is 10.6 Å². The molecule has 0 unspecified atom stereocenters. The highest BCUT2D eigenvalue weighted by Crippen LogP contribution is 2.04. The molecule has 108 valence electrons. The van der Waals surface area contributed by atoms with E-state index in [9.17, 15) is 14.0 Å². The number of carbonyl (C=O) groups excluding carboxylic acids is 2. The molecular formula is C15H19FN2O2. The Morgan fingerprint density at radius 3 is 2.35 bits per heavy atom. The van der Waals surface area contributed by atoms with Gasteiger partial charge in [-0.1, -0.05) is 26.0 Å². The molecule has 2 amide bonds. The number of rotatable bonds is 6. The molecule has 5 heteroatoms. The molecule has 0 aromatic heterocycles. The van der Waals surface area contributed by atoms with E-state index in [0.29, 0.717) is 13.1 Å². The van der Waals surface area contributed by atoms with Crippen molar-refractivity contribution in [2.75, 3.05) is 13.1 Å². The van der Waals surface area contributed by atoms with E-state index in [2.05, 4.69) is 10.6 Å². The van der Waals surface area contributed by atoms with E-state index in [1.807, 2.05) is 0 Å². The Balaban J connectivity index is 2.26. The molecule has 1 aromatic rings. The monoisotopic (exact) mass is 278 g/mol. The summed E-state index contributed by atoms with van der Waals surface area (Å²) in [5.41, 5.74) is 0.745. The summed E-state index contributed by atoms with van der Waals surface area (Å²) >= 11 is 0. The van der Waals surface area contributed by atoms with Crippen molar-refractivity contribution < 1.29 is 14.0 Å². The molecule has 4 nitrogen and oxygen atoms in total. The van der Waals surface area contributed by atoms with Crippen LogP contribution in [0.5, 0.6) is 0 Å². The molecule has 0 heterocycles. The van der Waals surface area contributed by atoms with Crippen molar-refractivity contribution in [1.29, 1.82) is 0 Å². The minimum atomic E-state index is -0.313.